The zero-order valence-electron chi connectivity index (χ0n) is 12.1. The molecule has 1 N–H and O–H groups in total. The Bertz CT molecular complexity index is 991. The van der Waals surface area contributed by atoms with Crippen molar-refractivity contribution >= 4 is 22.7 Å². The van der Waals surface area contributed by atoms with Crippen molar-refractivity contribution in [1.82, 2.24) is 4.98 Å². The van der Waals surface area contributed by atoms with E-state index in [2.05, 4.69) is 4.98 Å². The number of benzene rings is 2. The van der Waals surface area contributed by atoms with Gasteiger partial charge in [0.25, 0.3) is 0 Å². The fourth-order valence-electron chi connectivity index (χ4n) is 2.21. The number of fused-ring (bicyclic) bond motifs is 1. The van der Waals surface area contributed by atoms with Crippen molar-refractivity contribution in [2.45, 2.75) is 10.4 Å². The van der Waals surface area contributed by atoms with E-state index in [1.54, 1.807) is 6.07 Å². The topological polar surface area (TPSA) is 48.8 Å². The van der Waals surface area contributed by atoms with E-state index in [-0.39, 0.29) is 22.2 Å². The third-order valence-electron chi connectivity index (χ3n) is 3.21. The minimum atomic E-state index is -4.67. The summed E-state index contributed by atoms with van der Waals surface area (Å²) in [7, 11) is 0. The molecule has 0 fully saturated rings. The van der Waals surface area contributed by atoms with Crippen LogP contribution < -0.4 is 4.74 Å². The fourth-order valence-corrected chi connectivity index (χ4v) is 2.96. The molecule has 0 saturated heterocycles. The zero-order chi connectivity index (χ0) is 18.2. The van der Waals surface area contributed by atoms with E-state index in [1.165, 1.54) is 12.3 Å². The molecule has 0 unspecified atom stereocenters. The minimum Gasteiger partial charge on any atom is -0.453 e. The van der Waals surface area contributed by atoms with Crippen LogP contribution in [0.4, 0.5) is 22.0 Å². The summed E-state index contributed by atoms with van der Waals surface area (Å²) in [5.41, 5.74) is -4.87. The predicted octanol–water partition coefficient (Wildman–Crippen LogP) is 5.72. The molecule has 1 heterocycles. The van der Waals surface area contributed by atoms with Gasteiger partial charge in [-0.2, -0.15) is 18.4 Å². The first kappa shape index (κ1) is 17.1. The molecular weight excluding hydrogens is 363 g/mol. The second kappa shape index (κ2) is 6.29. The van der Waals surface area contributed by atoms with Crippen molar-refractivity contribution in [2.75, 3.05) is 0 Å². The highest BCUT2D eigenvalue weighted by atomic mass is 32.2. The normalized spacial score (nSPS) is 11.5. The van der Waals surface area contributed by atoms with Gasteiger partial charge in [0.05, 0.1) is 10.5 Å². The lowest BCUT2D eigenvalue weighted by atomic mass is 10.2. The second-order valence-corrected chi connectivity index (χ2v) is 5.93. The number of halogens is 5. The predicted molar refractivity (Wildman–Crippen MR) is 81.4 cm³/mol. The van der Waals surface area contributed by atoms with Crippen LogP contribution in [-0.2, 0) is 0 Å². The van der Waals surface area contributed by atoms with Crippen LogP contribution in [0.15, 0.2) is 41.4 Å². The first-order valence-corrected chi connectivity index (χ1v) is 7.53. The highest BCUT2D eigenvalue weighted by Crippen LogP contribution is 2.47. The van der Waals surface area contributed by atoms with Crippen LogP contribution in [0.5, 0.6) is 11.5 Å². The number of aromatic nitrogens is 1. The van der Waals surface area contributed by atoms with Crippen LogP contribution in [0, 0.1) is 23.0 Å². The van der Waals surface area contributed by atoms with E-state index >= 15 is 0 Å². The Hall–Kier alpha value is -2.73. The summed E-state index contributed by atoms with van der Waals surface area (Å²) in [5, 5.41) is 8.93. The van der Waals surface area contributed by atoms with E-state index < -0.39 is 39.5 Å². The maximum Gasteiger partial charge on any atom is 0.446 e. The fraction of sp³-hybridized carbons (Fsp3) is 0.0625. The molecule has 0 saturated carbocycles. The lowest BCUT2D eigenvalue weighted by Crippen LogP contribution is -2.02. The zero-order valence-corrected chi connectivity index (χ0v) is 12.9. The molecule has 25 heavy (non-hydrogen) atoms. The van der Waals surface area contributed by atoms with Crippen molar-refractivity contribution in [2.24, 2.45) is 0 Å². The average Bonchev–Trinajstić information content (AvgIpc) is 2.99. The number of rotatable bonds is 3. The van der Waals surface area contributed by atoms with Crippen molar-refractivity contribution in [1.29, 1.82) is 5.26 Å². The quantitative estimate of drug-likeness (QED) is 0.474. The van der Waals surface area contributed by atoms with Crippen molar-refractivity contribution in [3.8, 4) is 17.6 Å². The van der Waals surface area contributed by atoms with Gasteiger partial charge in [0.15, 0.2) is 11.6 Å². The summed E-state index contributed by atoms with van der Waals surface area (Å²) in [6.45, 7) is 0. The van der Waals surface area contributed by atoms with Crippen LogP contribution in [0.1, 0.15) is 5.56 Å². The molecule has 3 rings (SSSR count). The molecule has 128 valence electrons. The number of nitrogens with zero attached hydrogens (tertiary/aromatic N) is 1. The van der Waals surface area contributed by atoms with Gasteiger partial charge in [-0.3, -0.25) is 0 Å². The number of thioether (sulfide) groups is 1. The SMILES string of the molecule is N#Cc1cc(Oc2c(F)cc3[nH]ccc3c2SC(F)(F)F)ccc1F. The van der Waals surface area contributed by atoms with Crippen molar-refractivity contribution in [3.05, 3.63) is 53.7 Å². The molecule has 0 amide bonds. The monoisotopic (exact) mass is 370 g/mol. The number of hydrogen-bond donors (Lipinski definition) is 1. The third kappa shape index (κ3) is 3.53. The summed E-state index contributed by atoms with van der Waals surface area (Å²) in [5.74, 6) is -2.65. The number of hydrogen-bond acceptors (Lipinski definition) is 3. The number of nitriles is 1. The number of alkyl halides is 3. The van der Waals surface area contributed by atoms with Gasteiger partial charge in [-0.15, -0.1) is 0 Å². The van der Waals surface area contributed by atoms with Crippen LogP contribution in [0.25, 0.3) is 10.9 Å². The highest BCUT2D eigenvalue weighted by Gasteiger charge is 2.33. The maximum absolute atomic E-state index is 14.3. The summed E-state index contributed by atoms with van der Waals surface area (Å²) >= 11 is -0.516. The maximum atomic E-state index is 14.3. The molecular formula is C16H7F5N2OS. The number of nitrogens with one attached hydrogen (secondary N) is 1. The van der Waals surface area contributed by atoms with Gasteiger partial charge in [0, 0.05) is 29.2 Å². The summed E-state index contributed by atoms with van der Waals surface area (Å²) in [4.78, 5) is 2.17. The van der Waals surface area contributed by atoms with Crippen LogP contribution in [-0.4, -0.2) is 10.5 Å². The summed E-state index contributed by atoms with van der Waals surface area (Å²) < 4.78 is 71.5. The van der Waals surface area contributed by atoms with E-state index in [4.69, 9.17) is 10.00 Å². The Kier molecular flexibility index (Phi) is 4.30. The molecule has 0 aliphatic carbocycles. The van der Waals surface area contributed by atoms with Gasteiger partial charge in [0.2, 0.25) is 0 Å². The Morgan fingerprint density at radius 1 is 1.08 bits per heavy atom. The third-order valence-corrected chi connectivity index (χ3v) is 4.05. The standard InChI is InChI=1S/C16H7F5N2OS/c17-11-2-1-9(5-8(11)7-22)24-14-12(18)6-13-10(3-4-23-13)15(14)25-16(19,20)21/h1-6,23H. The number of H-pyrrole nitrogens is 1. The molecule has 2 aromatic carbocycles. The molecule has 0 spiro atoms. The Balaban J connectivity index is 2.13. The Labute approximate surface area is 142 Å². The minimum absolute atomic E-state index is 0.126. The van der Waals surface area contributed by atoms with Crippen LogP contribution in [0.3, 0.4) is 0 Å². The number of aromatic amines is 1. The Morgan fingerprint density at radius 3 is 2.52 bits per heavy atom. The van der Waals surface area contributed by atoms with Crippen LogP contribution in [0.2, 0.25) is 0 Å². The van der Waals surface area contributed by atoms with Gasteiger partial charge in [-0.25, -0.2) is 8.78 Å². The summed E-state index contributed by atoms with van der Waals surface area (Å²) in [6, 6.07) is 6.93. The molecule has 9 heteroatoms. The molecule has 0 aliphatic heterocycles. The lowest BCUT2D eigenvalue weighted by Gasteiger charge is -2.14. The largest absolute Gasteiger partial charge is 0.453 e. The van der Waals surface area contributed by atoms with E-state index in [9.17, 15) is 22.0 Å². The molecule has 0 aliphatic rings. The van der Waals surface area contributed by atoms with E-state index in [1.807, 2.05) is 0 Å². The highest BCUT2D eigenvalue weighted by molar-refractivity contribution is 8.00. The molecule has 0 radical (unpaired) electrons. The smallest absolute Gasteiger partial charge is 0.446 e. The van der Waals surface area contributed by atoms with Gasteiger partial charge < -0.3 is 9.72 Å². The van der Waals surface area contributed by atoms with E-state index in [0.717, 1.165) is 24.3 Å². The van der Waals surface area contributed by atoms with Gasteiger partial charge in [-0.1, -0.05) is 0 Å². The lowest BCUT2D eigenvalue weighted by molar-refractivity contribution is -0.0328. The van der Waals surface area contributed by atoms with Gasteiger partial charge >= 0.3 is 5.51 Å². The average molecular weight is 370 g/mol. The van der Waals surface area contributed by atoms with Gasteiger partial charge in [-0.05, 0) is 30.0 Å². The molecule has 3 nitrogen and oxygen atoms in total. The first-order valence-electron chi connectivity index (χ1n) is 6.71. The van der Waals surface area contributed by atoms with Crippen molar-refractivity contribution < 1.29 is 26.7 Å². The molecule has 0 bridgehead atoms. The number of ether oxygens (including phenoxy) is 1. The first-order chi connectivity index (χ1) is 11.8. The molecule has 1 aromatic heterocycles. The van der Waals surface area contributed by atoms with Gasteiger partial charge in [0.1, 0.15) is 17.6 Å². The van der Waals surface area contributed by atoms with Crippen molar-refractivity contribution in [3.63, 3.8) is 0 Å². The molecule has 3 aromatic rings. The van der Waals surface area contributed by atoms with E-state index in [0.29, 0.717) is 0 Å². The second-order valence-electron chi connectivity index (χ2n) is 4.86. The Morgan fingerprint density at radius 2 is 1.84 bits per heavy atom. The van der Waals surface area contributed by atoms with Crippen LogP contribution >= 0.6 is 11.8 Å². The molecule has 0 atom stereocenters. The summed E-state index contributed by atoms with van der Waals surface area (Å²) in [6.07, 6.45) is 1.38.